The number of benzene rings is 1. The van der Waals surface area contributed by atoms with Gasteiger partial charge in [-0.3, -0.25) is 0 Å². The number of aromatic nitrogens is 1. The Kier molecular flexibility index (Phi) is 3.72. The minimum absolute atomic E-state index is 0.461. The van der Waals surface area contributed by atoms with E-state index in [0.717, 1.165) is 11.4 Å². The van der Waals surface area contributed by atoms with Crippen LogP contribution < -0.4 is 4.90 Å². The van der Waals surface area contributed by atoms with Crippen LogP contribution in [0.2, 0.25) is 0 Å². The average Bonchev–Trinajstić information content (AvgIpc) is 2.81. The van der Waals surface area contributed by atoms with E-state index in [2.05, 4.69) is 49.9 Å². The number of hydrogen-bond donors (Lipinski definition) is 0. The first-order valence-electron chi connectivity index (χ1n) is 7.62. The number of rotatable bonds is 2. The summed E-state index contributed by atoms with van der Waals surface area (Å²) in [6.45, 7) is 9.40. The number of fused-ring (bicyclic) bond motifs is 1. The Hall–Kier alpha value is -1.09. The van der Waals surface area contributed by atoms with Gasteiger partial charge in [0.2, 0.25) is 0 Å². The number of thiazole rings is 1. The standard InChI is InChI=1S/C17H24N2S/c1-17(2,3)12-13-8-10-19(11-9-13)16-18-14-6-4-5-7-15(14)20-16/h4-7,13H,8-12H2,1-3H3. The monoisotopic (exact) mass is 288 g/mol. The van der Waals surface area contributed by atoms with Gasteiger partial charge >= 0.3 is 0 Å². The second-order valence-corrected chi connectivity index (χ2v) is 8.17. The fraction of sp³-hybridized carbons (Fsp3) is 0.588. The van der Waals surface area contributed by atoms with E-state index in [4.69, 9.17) is 4.98 Å². The smallest absolute Gasteiger partial charge is 0.186 e. The molecule has 0 N–H and O–H groups in total. The van der Waals surface area contributed by atoms with Crippen LogP contribution >= 0.6 is 11.3 Å². The summed E-state index contributed by atoms with van der Waals surface area (Å²) in [6.07, 6.45) is 3.97. The van der Waals surface area contributed by atoms with E-state index in [1.807, 2.05) is 11.3 Å². The van der Waals surface area contributed by atoms with Crippen molar-refractivity contribution in [2.75, 3.05) is 18.0 Å². The molecule has 20 heavy (non-hydrogen) atoms. The number of para-hydroxylation sites is 1. The van der Waals surface area contributed by atoms with Crippen molar-refractivity contribution >= 4 is 26.7 Å². The van der Waals surface area contributed by atoms with E-state index in [9.17, 15) is 0 Å². The number of hydrogen-bond acceptors (Lipinski definition) is 3. The largest absolute Gasteiger partial charge is 0.348 e. The lowest BCUT2D eigenvalue weighted by Gasteiger charge is -2.34. The molecule has 0 bridgehead atoms. The predicted octanol–water partition coefficient (Wildman–Crippen LogP) is 4.95. The molecule has 3 rings (SSSR count). The molecular weight excluding hydrogens is 264 g/mol. The van der Waals surface area contributed by atoms with E-state index in [0.29, 0.717) is 5.41 Å². The van der Waals surface area contributed by atoms with Gasteiger partial charge in [-0.05, 0) is 42.7 Å². The van der Waals surface area contributed by atoms with Crippen molar-refractivity contribution in [3.8, 4) is 0 Å². The number of nitrogens with zero attached hydrogens (tertiary/aromatic N) is 2. The van der Waals surface area contributed by atoms with Crippen molar-refractivity contribution in [3.05, 3.63) is 24.3 Å². The molecule has 3 heteroatoms. The van der Waals surface area contributed by atoms with Crippen LogP contribution in [0.15, 0.2) is 24.3 Å². The van der Waals surface area contributed by atoms with Crippen LogP contribution in [0, 0.1) is 11.3 Å². The van der Waals surface area contributed by atoms with Crippen molar-refractivity contribution in [1.29, 1.82) is 0 Å². The fourth-order valence-corrected chi connectivity index (χ4v) is 4.21. The summed E-state index contributed by atoms with van der Waals surface area (Å²) in [5.74, 6) is 0.889. The minimum atomic E-state index is 0.461. The third-order valence-corrected chi connectivity index (χ3v) is 5.17. The summed E-state index contributed by atoms with van der Waals surface area (Å²) in [5, 5.41) is 1.21. The highest BCUT2D eigenvalue weighted by molar-refractivity contribution is 7.22. The zero-order valence-electron chi connectivity index (χ0n) is 12.7. The van der Waals surface area contributed by atoms with Crippen LogP contribution in [0.25, 0.3) is 10.2 Å². The zero-order chi connectivity index (χ0) is 14.2. The topological polar surface area (TPSA) is 16.1 Å². The van der Waals surface area contributed by atoms with Crippen molar-refractivity contribution < 1.29 is 0 Å². The molecule has 1 aliphatic rings. The highest BCUT2D eigenvalue weighted by atomic mass is 32.1. The molecule has 1 aliphatic heterocycles. The quantitative estimate of drug-likeness (QED) is 0.777. The molecule has 0 radical (unpaired) electrons. The van der Waals surface area contributed by atoms with Gasteiger partial charge in [0.05, 0.1) is 10.2 Å². The molecule has 108 valence electrons. The molecule has 2 aromatic rings. The van der Waals surface area contributed by atoms with Crippen LogP contribution in [0.4, 0.5) is 5.13 Å². The lowest BCUT2D eigenvalue weighted by molar-refractivity contribution is 0.258. The lowest BCUT2D eigenvalue weighted by atomic mass is 9.80. The SMILES string of the molecule is CC(C)(C)CC1CCN(c2nc3ccccc3s2)CC1. The Morgan fingerprint density at radius 3 is 2.55 bits per heavy atom. The molecule has 2 nitrogen and oxygen atoms in total. The van der Waals surface area contributed by atoms with Gasteiger partial charge in [0, 0.05) is 13.1 Å². The molecule has 1 fully saturated rings. The third kappa shape index (κ3) is 3.14. The van der Waals surface area contributed by atoms with Crippen LogP contribution in [0.1, 0.15) is 40.0 Å². The first-order valence-corrected chi connectivity index (χ1v) is 8.43. The summed E-state index contributed by atoms with van der Waals surface area (Å²) >= 11 is 1.83. The van der Waals surface area contributed by atoms with E-state index in [1.54, 1.807) is 0 Å². The number of piperidine rings is 1. The minimum Gasteiger partial charge on any atom is -0.348 e. The first kappa shape index (κ1) is 13.9. The average molecular weight is 288 g/mol. The van der Waals surface area contributed by atoms with Gasteiger partial charge in [0.25, 0.3) is 0 Å². The number of anilines is 1. The maximum atomic E-state index is 4.78. The van der Waals surface area contributed by atoms with Crippen LogP contribution in [0.5, 0.6) is 0 Å². The normalized spacial score (nSPS) is 17.9. The second-order valence-electron chi connectivity index (χ2n) is 7.16. The molecule has 0 saturated carbocycles. The maximum Gasteiger partial charge on any atom is 0.186 e. The molecule has 0 amide bonds. The van der Waals surface area contributed by atoms with Gasteiger partial charge in [0.15, 0.2) is 5.13 Å². The molecule has 0 unspecified atom stereocenters. The van der Waals surface area contributed by atoms with Gasteiger partial charge in [0.1, 0.15) is 0 Å². The Morgan fingerprint density at radius 2 is 1.90 bits per heavy atom. The molecule has 1 aromatic carbocycles. The Balaban J connectivity index is 1.66. The zero-order valence-corrected chi connectivity index (χ0v) is 13.5. The second kappa shape index (κ2) is 5.36. The third-order valence-electron chi connectivity index (χ3n) is 4.07. The summed E-state index contributed by atoms with van der Waals surface area (Å²) in [4.78, 5) is 7.26. The molecule has 0 aliphatic carbocycles. The van der Waals surface area contributed by atoms with Gasteiger partial charge in [-0.2, -0.15) is 0 Å². The summed E-state index contributed by atoms with van der Waals surface area (Å²) in [6, 6.07) is 8.45. The van der Waals surface area contributed by atoms with Gasteiger partial charge < -0.3 is 4.90 Å². The summed E-state index contributed by atoms with van der Waals surface area (Å²) < 4.78 is 1.30. The molecule has 0 spiro atoms. The predicted molar refractivity (Wildman–Crippen MR) is 88.6 cm³/mol. The van der Waals surface area contributed by atoms with E-state index < -0.39 is 0 Å². The Morgan fingerprint density at radius 1 is 1.20 bits per heavy atom. The van der Waals surface area contributed by atoms with E-state index in [1.165, 1.54) is 42.2 Å². The van der Waals surface area contributed by atoms with Crippen molar-refractivity contribution in [2.24, 2.45) is 11.3 Å². The Labute approximate surface area is 125 Å². The van der Waals surface area contributed by atoms with Crippen molar-refractivity contribution in [1.82, 2.24) is 4.98 Å². The van der Waals surface area contributed by atoms with Gasteiger partial charge in [-0.1, -0.05) is 44.2 Å². The van der Waals surface area contributed by atoms with E-state index in [-0.39, 0.29) is 0 Å². The highest BCUT2D eigenvalue weighted by Crippen LogP contribution is 2.34. The van der Waals surface area contributed by atoms with Crippen LogP contribution in [-0.4, -0.2) is 18.1 Å². The molecule has 1 saturated heterocycles. The van der Waals surface area contributed by atoms with Gasteiger partial charge in [-0.15, -0.1) is 0 Å². The lowest BCUT2D eigenvalue weighted by Crippen LogP contribution is -2.34. The van der Waals surface area contributed by atoms with Gasteiger partial charge in [-0.25, -0.2) is 4.98 Å². The van der Waals surface area contributed by atoms with Crippen molar-refractivity contribution in [2.45, 2.75) is 40.0 Å². The molecule has 1 aromatic heterocycles. The first-order chi connectivity index (χ1) is 9.51. The van der Waals surface area contributed by atoms with Crippen LogP contribution in [0.3, 0.4) is 0 Å². The Bertz CT molecular complexity index is 541. The molecule has 0 atom stereocenters. The molecular formula is C17H24N2S. The van der Waals surface area contributed by atoms with Crippen molar-refractivity contribution in [3.63, 3.8) is 0 Å². The summed E-state index contributed by atoms with van der Waals surface area (Å²) in [5.41, 5.74) is 1.60. The summed E-state index contributed by atoms with van der Waals surface area (Å²) in [7, 11) is 0. The molecule has 2 heterocycles. The fourth-order valence-electron chi connectivity index (χ4n) is 3.19. The van der Waals surface area contributed by atoms with Crippen LogP contribution in [-0.2, 0) is 0 Å². The van der Waals surface area contributed by atoms with E-state index >= 15 is 0 Å². The highest BCUT2D eigenvalue weighted by Gasteiger charge is 2.25. The maximum absolute atomic E-state index is 4.78.